The Kier molecular flexibility index (Phi) is 7.27. The maximum Gasteiger partial charge on any atom is 0.307 e. The number of carbonyl (C=O) groups is 1. The molecule has 1 unspecified atom stereocenters. The van der Waals surface area contributed by atoms with E-state index in [0.29, 0.717) is 28.7 Å². The molecule has 0 spiro atoms. The van der Waals surface area contributed by atoms with E-state index in [1.165, 1.54) is 31.0 Å². The molecule has 1 atom stereocenters. The predicted octanol–water partition coefficient (Wildman–Crippen LogP) is 4.93. The van der Waals surface area contributed by atoms with Crippen molar-refractivity contribution in [3.63, 3.8) is 0 Å². The highest BCUT2D eigenvalue weighted by molar-refractivity contribution is 7.98. The average molecular weight is 509 g/mol. The maximum atomic E-state index is 14.6. The van der Waals surface area contributed by atoms with E-state index < -0.39 is 36.8 Å². The zero-order valence-corrected chi connectivity index (χ0v) is 20.5. The number of anilines is 1. The van der Waals surface area contributed by atoms with Crippen LogP contribution in [-0.4, -0.2) is 57.8 Å². The topological polar surface area (TPSA) is 80.5 Å². The van der Waals surface area contributed by atoms with Gasteiger partial charge in [-0.05, 0) is 37.5 Å². The number of alkyl halides is 2. The fourth-order valence-electron chi connectivity index (χ4n) is 4.31. The van der Waals surface area contributed by atoms with Gasteiger partial charge in [-0.3, -0.25) is 4.79 Å². The number of thioether (sulfide) groups is 1. The van der Waals surface area contributed by atoms with E-state index in [4.69, 9.17) is 9.84 Å². The average Bonchev–Trinajstić information content (AvgIpc) is 3.18. The summed E-state index contributed by atoms with van der Waals surface area (Å²) in [6, 6.07) is 4.45. The van der Waals surface area contributed by atoms with Crippen molar-refractivity contribution in [2.45, 2.75) is 55.7 Å². The van der Waals surface area contributed by atoms with Gasteiger partial charge in [0.15, 0.2) is 5.16 Å². The second-order valence-corrected chi connectivity index (χ2v) is 9.82. The predicted molar refractivity (Wildman–Crippen MR) is 128 cm³/mol. The molecule has 0 aliphatic carbocycles. The van der Waals surface area contributed by atoms with Crippen LogP contribution in [0, 0.1) is 5.82 Å². The molecule has 0 radical (unpaired) electrons. The SMILES string of the molecule is COC1CCN(c2cn(C(C)C)c3cnc(SCc4ccc(F)c(CC(=O)O)c4)nc23)CC1(F)F. The van der Waals surface area contributed by atoms with Gasteiger partial charge in [-0.25, -0.2) is 23.1 Å². The van der Waals surface area contributed by atoms with Gasteiger partial charge in [0, 0.05) is 31.6 Å². The molecule has 0 bridgehead atoms. The highest BCUT2D eigenvalue weighted by Gasteiger charge is 2.45. The first kappa shape index (κ1) is 25.3. The number of aliphatic carboxylic acids is 1. The van der Waals surface area contributed by atoms with Crippen molar-refractivity contribution < 1.29 is 27.8 Å². The van der Waals surface area contributed by atoms with E-state index in [-0.39, 0.29) is 18.0 Å². The molecule has 1 aliphatic heterocycles. The van der Waals surface area contributed by atoms with Crippen LogP contribution in [0.1, 0.15) is 37.4 Å². The lowest BCUT2D eigenvalue weighted by molar-refractivity contribution is -0.136. The first-order chi connectivity index (χ1) is 16.6. The largest absolute Gasteiger partial charge is 0.481 e. The number of ether oxygens (including phenoxy) is 1. The molecule has 2 aromatic heterocycles. The molecular formula is C24H27F3N4O3S. The molecule has 188 valence electrons. The molecule has 1 N–H and O–H groups in total. The molecule has 1 saturated heterocycles. The first-order valence-electron chi connectivity index (χ1n) is 11.2. The fraction of sp³-hybridized carbons (Fsp3) is 0.458. The van der Waals surface area contributed by atoms with Crippen molar-refractivity contribution in [1.82, 2.24) is 14.5 Å². The summed E-state index contributed by atoms with van der Waals surface area (Å²) in [4.78, 5) is 21.8. The van der Waals surface area contributed by atoms with Gasteiger partial charge in [0.05, 0.1) is 30.4 Å². The molecule has 1 fully saturated rings. The third-order valence-corrected chi connectivity index (χ3v) is 7.00. The Bertz CT molecular complexity index is 1230. The Labute approximate surface area is 205 Å². The van der Waals surface area contributed by atoms with Crippen LogP contribution in [0.3, 0.4) is 0 Å². The number of benzene rings is 1. The number of aromatic nitrogens is 3. The number of rotatable bonds is 8. The van der Waals surface area contributed by atoms with Crippen molar-refractivity contribution in [3.05, 3.63) is 47.5 Å². The van der Waals surface area contributed by atoms with Gasteiger partial charge < -0.3 is 19.3 Å². The Morgan fingerprint density at radius 2 is 2.14 bits per heavy atom. The van der Waals surface area contributed by atoms with Gasteiger partial charge in [-0.1, -0.05) is 23.9 Å². The number of carboxylic acid groups (broad SMARTS) is 1. The molecular weight excluding hydrogens is 481 g/mol. The maximum absolute atomic E-state index is 14.6. The summed E-state index contributed by atoms with van der Waals surface area (Å²) >= 11 is 1.31. The van der Waals surface area contributed by atoms with Gasteiger partial charge >= 0.3 is 5.97 Å². The number of carboxylic acids is 1. The minimum atomic E-state index is -2.99. The minimum Gasteiger partial charge on any atom is -0.481 e. The zero-order valence-electron chi connectivity index (χ0n) is 19.7. The molecule has 7 nitrogen and oxygen atoms in total. The van der Waals surface area contributed by atoms with E-state index in [0.717, 1.165) is 11.1 Å². The van der Waals surface area contributed by atoms with E-state index in [2.05, 4.69) is 9.97 Å². The lowest BCUT2D eigenvalue weighted by atomic mass is 10.0. The summed E-state index contributed by atoms with van der Waals surface area (Å²) < 4.78 is 50.1. The van der Waals surface area contributed by atoms with Crippen LogP contribution < -0.4 is 4.90 Å². The molecule has 0 saturated carbocycles. The van der Waals surface area contributed by atoms with Gasteiger partial charge in [0.25, 0.3) is 5.92 Å². The summed E-state index contributed by atoms with van der Waals surface area (Å²) in [5, 5.41) is 9.42. The lowest BCUT2D eigenvalue weighted by Crippen LogP contribution is -2.52. The summed E-state index contributed by atoms with van der Waals surface area (Å²) in [6.45, 7) is 3.96. The Morgan fingerprint density at radius 3 is 2.80 bits per heavy atom. The summed E-state index contributed by atoms with van der Waals surface area (Å²) in [5.41, 5.74) is 2.81. The van der Waals surface area contributed by atoms with E-state index >= 15 is 0 Å². The van der Waals surface area contributed by atoms with Crippen molar-refractivity contribution >= 4 is 34.5 Å². The van der Waals surface area contributed by atoms with Crippen LogP contribution >= 0.6 is 11.8 Å². The Balaban J connectivity index is 1.61. The molecule has 35 heavy (non-hydrogen) atoms. The van der Waals surface area contributed by atoms with Crippen LogP contribution in [0.5, 0.6) is 0 Å². The third kappa shape index (κ3) is 5.40. The van der Waals surface area contributed by atoms with Crippen molar-refractivity contribution in [2.75, 3.05) is 25.1 Å². The van der Waals surface area contributed by atoms with Gasteiger partial charge in [-0.15, -0.1) is 0 Å². The minimum absolute atomic E-state index is 0.0808. The monoisotopic (exact) mass is 508 g/mol. The van der Waals surface area contributed by atoms with Crippen LogP contribution in [0.4, 0.5) is 18.9 Å². The molecule has 3 heterocycles. The standard InChI is InChI=1S/C24H27F3N4O3S/c1-14(2)31-11-19(30-7-6-20(34-3)24(26,27)13-30)22-18(31)10-28-23(29-22)35-12-15-4-5-17(25)16(8-15)9-21(32)33/h4-5,8,10-11,14,20H,6-7,9,12-13H2,1-3H3,(H,32,33). The normalized spacial score (nSPS) is 17.9. The summed E-state index contributed by atoms with van der Waals surface area (Å²) in [7, 11) is 1.31. The number of hydrogen-bond donors (Lipinski definition) is 1. The molecule has 1 aliphatic rings. The van der Waals surface area contributed by atoms with E-state index in [1.54, 1.807) is 17.2 Å². The van der Waals surface area contributed by atoms with Crippen LogP contribution in [0.15, 0.2) is 35.7 Å². The van der Waals surface area contributed by atoms with Crippen LogP contribution in [0.2, 0.25) is 0 Å². The molecule has 11 heteroatoms. The number of halogens is 3. The van der Waals surface area contributed by atoms with Crippen LogP contribution in [-0.2, 0) is 21.7 Å². The molecule has 0 amide bonds. The fourth-order valence-corrected chi connectivity index (χ4v) is 5.07. The number of piperidine rings is 1. The molecule has 1 aromatic carbocycles. The zero-order chi connectivity index (χ0) is 25.3. The van der Waals surface area contributed by atoms with Crippen molar-refractivity contribution in [1.29, 1.82) is 0 Å². The Hall–Kier alpha value is -2.79. The van der Waals surface area contributed by atoms with Gasteiger partial charge in [0.1, 0.15) is 17.4 Å². The number of nitrogens with zero attached hydrogens (tertiary/aromatic N) is 4. The number of fused-ring (bicyclic) bond motifs is 1. The van der Waals surface area contributed by atoms with E-state index in [9.17, 15) is 18.0 Å². The van der Waals surface area contributed by atoms with Gasteiger partial charge in [-0.2, -0.15) is 0 Å². The lowest BCUT2D eigenvalue weighted by Gasteiger charge is -2.38. The van der Waals surface area contributed by atoms with Gasteiger partial charge in [0.2, 0.25) is 0 Å². The van der Waals surface area contributed by atoms with E-state index in [1.807, 2.05) is 24.6 Å². The summed E-state index contributed by atoms with van der Waals surface area (Å²) in [5.74, 6) is -4.26. The number of hydrogen-bond acceptors (Lipinski definition) is 6. The van der Waals surface area contributed by atoms with Crippen molar-refractivity contribution in [2.24, 2.45) is 0 Å². The summed E-state index contributed by atoms with van der Waals surface area (Å²) in [6.07, 6.45) is 2.23. The smallest absolute Gasteiger partial charge is 0.307 e. The van der Waals surface area contributed by atoms with Crippen LogP contribution in [0.25, 0.3) is 11.0 Å². The second kappa shape index (κ2) is 10.1. The van der Waals surface area contributed by atoms with Crippen molar-refractivity contribution in [3.8, 4) is 0 Å². The molecule has 4 rings (SSSR count). The number of methoxy groups -OCH3 is 1. The molecule has 3 aromatic rings. The second-order valence-electron chi connectivity index (χ2n) is 8.88. The third-order valence-electron chi connectivity index (χ3n) is 6.06. The highest BCUT2D eigenvalue weighted by Crippen LogP contribution is 2.37. The Morgan fingerprint density at radius 1 is 1.37 bits per heavy atom. The quantitative estimate of drug-likeness (QED) is 0.341. The first-order valence-corrected chi connectivity index (χ1v) is 12.2. The highest BCUT2D eigenvalue weighted by atomic mass is 32.2.